The number of esters is 3. The maximum atomic E-state index is 16.1. The van der Waals surface area contributed by atoms with E-state index in [-0.39, 0.29) is 31.6 Å². The summed E-state index contributed by atoms with van der Waals surface area (Å²) in [6, 6.07) is 0. The minimum absolute atomic E-state index is 0.00494. The van der Waals surface area contributed by atoms with Gasteiger partial charge < -0.3 is 139 Å². The smallest absolute Gasteiger partial charge is 0.317 e. The first-order chi connectivity index (χ1) is 46.6. The fourth-order valence-corrected chi connectivity index (χ4v) is 18.7. The average Bonchev–Trinajstić information content (AvgIpc) is 0.668. The first-order valence-electron chi connectivity index (χ1n) is 35.1. The third-order valence-electron chi connectivity index (χ3n) is 25.5. The molecular weight excluding hydrogens is 1330 g/mol. The van der Waals surface area contributed by atoms with Crippen LogP contribution in [0.15, 0.2) is 11.6 Å². The molecular formula is C68H108O32. The maximum Gasteiger partial charge on any atom is 0.317 e. The number of rotatable bonds is 18. The van der Waals surface area contributed by atoms with Crippen molar-refractivity contribution in [1.29, 1.82) is 0 Å². The number of aliphatic carboxylic acids is 1. The second-order valence-electron chi connectivity index (χ2n) is 32.1. The number of carboxylic acid groups (broad SMARTS) is 1. The normalized spacial score (nSPS) is 50.6. The van der Waals surface area contributed by atoms with Crippen molar-refractivity contribution in [1.82, 2.24) is 0 Å². The summed E-state index contributed by atoms with van der Waals surface area (Å²) in [5, 5.41) is 178. The molecule has 0 amide bonds. The molecule has 0 aromatic heterocycles. The highest BCUT2D eigenvalue weighted by atomic mass is 16.8. The molecule has 4 saturated carbocycles. The van der Waals surface area contributed by atoms with Gasteiger partial charge in [-0.15, -0.1) is 0 Å². The van der Waals surface area contributed by atoms with Crippen LogP contribution < -0.4 is 0 Å². The predicted octanol–water partition coefficient (Wildman–Crippen LogP) is -2.74. The number of allylic oxidation sites excluding steroid dienone is 2. The molecule has 5 aliphatic heterocycles. The minimum atomic E-state index is -2.09. The van der Waals surface area contributed by atoms with Gasteiger partial charge in [-0.3, -0.25) is 19.2 Å². The van der Waals surface area contributed by atoms with Crippen LogP contribution in [0.5, 0.6) is 0 Å². The SMILES string of the molecule is CC(O)C(C)C(=O)OC(C)C(C)C(=O)O[C@@H]1[C@H](O)[C@@H](O[C@@H]2O[C@@H](C)[C@H](O[C@@H]3OC[C@@H](O)[C@H](O)[C@H]3O)[C@@H](O)[C@H]2O[C@@H]2OC[C@H](O)[C@H](O)[C@H]2O)[C@H](OC(=O)[C@]23CCC(C)(C)C[C@H]2C2=CC[C@@H]4[C@@]5(C)C[C@H](O)[C@H](O[C@@H]6O[C@H](CO)[C@@H](O)[C@H](O)[C@H]6O)[C@@](C)(C(=O)O)[C@@H]5CC[C@@]4(C)[C@]2(C)C[C@H]3O)O[C@@H]1C. The lowest BCUT2D eigenvalue weighted by Crippen LogP contribution is -2.71. The Kier molecular flexibility index (Phi) is 23.3. The molecule has 0 aromatic rings. The molecule has 0 bridgehead atoms. The van der Waals surface area contributed by atoms with Crippen LogP contribution in [0.4, 0.5) is 0 Å². The summed E-state index contributed by atoms with van der Waals surface area (Å²) in [4.78, 5) is 57.2. The van der Waals surface area contributed by atoms with Gasteiger partial charge in [-0.05, 0) is 139 Å². The number of carbonyl (C=O) groups is 4. The van der Waals surface area contributed by atoms with Gasteiger partial charge in [0.1, 0.15) is 103 Å². The third kappa shape index (κ3) is 13.6. The van der Waals surface area contributed by atoms with E-state index < -0.39 is 272 Å². The summed E-state index contributed by atoms with van der Waals surface area (Å²) in [6.07, 6.45) is -44.0. The van der Waals surface area contributed by atoms with Gasteiger partial charge in [-0.25, -0.2) is 0 Å². The molecule has 4 unspecified atom stereocenters. The van der Waals surface area contributed by atoms with Gasteiger partial charge in [0.15, 0.2) is 37.4 Å². The Labute approximate surface area is 579 Å². The second kappa shape index (κ2) is 29.4. The van der Waals surface area contributed by atoms with Gasteiger partial charge in [0, 0.05) is 0 Å². The first-order valence-corrected chi connectivity index (χ1v) is 35.1. The lowest BCUT2D eigenvalue weighted by molar-refractivity contribution is -0.394. The van der Waals surface area contributed by atoms with Crippen LogP contribution in [0, 0.1) is 62.1 Å². The number of fused-ring (bicyclic) bond motifs is 7. The number of ether oxygens (including phenoxy) is 12. The van der Waals surface area contributed by atoms with E-state index >= 15 is 4.79 Å². The molecule has 5 aliphatic carbocycles. The van der Waals surface area contributed by atoms with Crippen LogP contribution in [0.2, 0.25) is 0 Å². The molecule has 0 aromatic carbocycles. The number of carbonyl (C=O) groups excluding carboxylic acids is 3. The molecule has 100 heavy (non-hydrogen) atoms. The maximum absolute atomic E-state index is 16.1. The molecule has 572 valence electrons. The molecule has 5 heterocycles. The van der Waals surface area contributed by atoms with E-state index in [0.717, 1.165) is 5.57 Å². The molecule has 32 nitrogen and oxygen atoms in total. The van der Waals surface area contributed by atoms with Crippen LogP contribution in [0.25, 0.3) is 0 Å². The summed E-state index contributed by atoms with van der Waals surface area (Å²) in [5.41, 5.74) is -5.93. The van der Waals surface area contributed by atoms with Crippen molar-refractivity contribution < 1.29 is 158 Å². The van der Waals surface area contributed by atoms with Crippen LogP contribution in [0.1, 0.15) is 134 Å². The molecule has 32 heteroatoms. The molecule has 38 atom stereocenters. The zero-order chi connectivity index (χ0) is 73.9. The molecule has 5 saturated heterocycles. The fourth-order valence-electron chi connectivity index (χ4n) is 18.7. The number of aliphatic hydroxyl groups excluding tert-OH is 15. The van der Waals surface area contributed by atoms with Crippen molar-refractivity contribution in [3.05, 3.63) is 11.6 Å². The van der Waals surface area contributed by atoms with E-state index in [1.165, 1.54) is 48.5 Å². The van der Waals surface area contributed by atoms with Gasteiger partial charge in [-0.1, -0.05) is 46.3 Å². The lowest BCUT2D eigenvalue weighted by Gasteiger charge is -2.71. The van der Waals surface area contributed by atoms with Crippen LogP contribution >= 0.6 is 0 Å². The van der Waals surface area contributed by atoms with Gasteiger partial charge in [-0.2, -0.15) is 0 Å². The third-order valence-corrected chi connectivity index (χ3v) is 25.5. The Bertz CT molecular complexity index is 2940. The highest BCUT2D eigenvalue weighted by Crippen LogP contribution is 2.76. The minimum Gasteiger partial charge on any atom is -0.481 e. The number of hydrogen-bond donors (Lipinski definition) is 16. The Hall–Kier alpha value is -3.34. The topological polar surface area (TPSA) is 503 Å². The van der Waals surface area contributed by atoms with E-state index in [1.54, 1.807) is 0 Å². The Balaban J connectivity index is 0.982. The zero-order valence-electron chi connectivity index (χ0n) is 58.6. The zero-order valence-corrected chi connectivity index (χ0v) is 58.6. The van der Waals surface area contributed by atoms with E-state index in [9.17, 15) is 96.1 Å². The van der Waals surface area contributed by atoms with Gasteiger partial charge in [0.05, 0.1) is 67.6 Å². The van der Waals surface area contributed by atoms with Gasteiger partial charge >= 0.3 is 23.9 Å². The lowest BCUT2D eigenvalue weighted by atomic mass is 9.33. The average molecular weight is 1440 g/mol. The van der Waals surface area contributed by atoms with E-state index in [0.29, 0.717) is 25.7 Å². The summed E-state index contributed by atoms with van der Waals surface area (Å²) >= 11 is 0. The monoisotopic (exact) mass is 1440 g/mol. The van der Waals surface area contributed by atoms with Crippen molar-refractivity contribution in [2.75, 3.05) is 19.8 Å². The van der Waals surface area contributed by atoms with Crippen LogP contribution in [0.3, 0.4) is 0 Å². The van der Waals surface area contributed by atoms with E-state index in [4.69, 9.17) is 56.8 Å². The number of carboxylic acids is 1. The molecule has 0 radical (unpaired) electrons. The summed E-state index contributed by atoms with van der Waals surface area (Å²) < 4.78 is 72.6. The fraction of sp³-hybridized carbons (Fsp3) is 0.912. The summed E-state index contributed by atoms with van der Waals surface area (Å²) in [5.74, 6) is -8.20. The van der Waals surface area contributed by atoms with Gasteiger partial charge in [0.25, 0.3) is 0 Å². The molecule has 10 rings (SSSR count). The molecule has 0 spiro atoms. The van der Waals surface area contributed by atoms with Crippen molar-refractivity contribution in [3.63, 3.8) is 0 Å². The van der Waals surface area contributed by atoms with Crippen LogP contribution in [-0.2, 0) is 76.0 Å². The number of aliphatic hydroxyl groups is 15. The molecule has 10 aliphatic rings. The van der Waals surface area contributed by atoms with Crippen molar-refractivity contribution in [3.8, 4) is 0 Å². The Morgan fingerprint density at radius 1 is 0.560 bits per heavy atom. The van der Waals surface area contributed by atoms with Crippen LogP contribution in [-0.4, -0.2) is 297 Å². The Morgan fingerprint density at radius 3 is 1.70 bits per heavy atom. The van der Waals surface area contributed by atoms with E-state index in [1.807, 2.05) is 27.7 Å². The molecule has 16 N–H and O–H groups in total. The summed E-state index contributed by atoms with van der Waals surface area (Å²) in [6.45, 7) is 18.2. The van der Waals surface area contributed by atoms with Crippen molar-refractivity contribution >= 4 is 23.9 Å². The number of hydrogen-bond acceptors (Lipinski definition) is 31. The second-order valence-corrected chi connectivity index (χ2v) is 32.1. The highest BCUT2D eigenvalue weighted by molar-refractivity contribution is 5.80. The van der Waals surface area contributed by atoms with Crippen molar-refractivity contribution in [2.24, 2.45) is 62.1 Å². The Morgan fingerprint density at radius 2 is 1.11 bits per heavy atom. The van der Waals surface area contributed by atoms with Crippen molar-refractivity contribution in [2.45, 2.75) is 306 Å². The standard InChI is InChI=1S/C68H108O32/c1-25(27(3)70)54(84)91-28(4)26(2)55(85)95-49-29(5)93-60(52(47(49)82)98-59-51(97-57-45(80)41(76)35(73)24-90-57)48(83)50(30(6)92-59)96-56-44(79)40(75)34(72)23-89-56)100-62(88)68-18-17-63(7,8)19-32(68)31-13-14-37-64(9)20-33(71)53(99-58-46(81)43(78)42(77)36(22-69)94-58)67(12,61(86)87)38(64)15-16-65(37,10)66(31,11)21-39(68)74/h13,25-30,32-53,56-60,69-83H,14-24H2,1-12H3,(H,86,87)/t25?,26?,27?,28?,29-,30+,32+,33+,34-,35+,36-,37-,38-,39-,40+,41+,42-,43+,44-,45-,46-,47+,48-,49+,50+,51-,52-,53+,56+,57+,58+,59+,60+,64-,65-,66-,67+,68-/m1/s1. The first kappa shape index (κ1) is 79.2. The molecule has 9 fully saturated rings. The predicted molar refractivity (Wildman–Crippen MR) is 335 cm³/mol. The quantitative estimate of drug-likeness (QED) is 0.0287. The largest absolute Gasteiger partial charge is 0.481 e. The highest BCUT2D eigenvalue weighted by Gasteiger charge is 2.75. The van der Waals surface area contributed by atoms with E-state index in [2.05, 4.69) is 13.0 Å². The summed E-state index contributed by atoms with van der Waals surface area (Å²) in [7, 11) is 0. The van der Waals surface area contributed by atoms with Gasteiger partial charge in [0.2, 0.25) is 6.29 Å².